The zero-order valence-corrected chi connectivity index (χ0v) is 14.4. The summed E-state index contributed by atoms with van der Waals surface area (Å²) in [4.78, 5) is 29.1. The largest absolute Gasteiger partial charge is 0.460 e. The summed E-state index contributed by atoms with van der Waals surface area (Å²) in [5.74, 6) is 0.0314. The Balaban J connectivity index is 2.75. The fourth-order valence-corrected chi connectivity index (χ4v) is 1.66. The van der Waals surface area contributed by atoms with Gasteiger partial charge in [-0.3, -0.25) is 9.69 Å². The Hall–Kier alpha value is -2.15. The minimum absolute atomic E-state index is 0.0422. The van der Waals surface area contributed by atoms with E-state index in [4.69, 9.17) is 9.47 Å². The van der Waals surface area contributed by atoms with Crippen LogP contribution in [0.2, 0.25) is 0 Å². The first-order valence-corrected chi connectivity index (χ1v) is 7.39. The molecule has 1 N–H and O–H groups in total. The van der Waals surface area contributed by atoms with E-state index in [0.29, 0.717) is 18.0 Å². The molecule has 0 aliphatic carbocycles. The van der Waals surface area contributed by atoms with Crippen molar-refractivity contribution in [2.24, 2.45) is 5.41 Å². The summed E-state index contributed by atoms with van der Waals surface area (Å²) < 4.78 is 10.4. The number of likely N-dealkylation sites (N-methyl/N-ethyl adjacent to an activating group) is 1. The molecule has 1 amide bonds. The third-order valence-corrected chi connectivity index (χ3v) is 2.80. The summed E-state index contributed by atoms with van der Waals surface area (Å²) >= 11 is 0. The molecule has 0 unspecified atom stereocenters. The molecule has 0 bridgehead atoms. The van der Waals surface area contributed by atoms with E-state index in [9.17, 15) is 9.59 Å². The molecular weight excluding hydrogens is 298 g/mol. The molecule has 0 fully saturated rings. The predicted octanol–water partition coefficient (Wildman–Crippen LogP) is 1.96. The summed E-state index contributed by atoms with van der Waals surface area (Å²) in [6, 6.07) is 3.47. The standard InChI is InChI=1S/C16H25N3O4/c1-16(2,3)11-23-15(21)19(5)14-12(7-6-8-18-14)10-22-13(20)9-17-4/h6-8,17H,9-11H2,1-5H3. The van der Waals surface area contributed by atoms with Crippen LogP contribution < -0.4 is 10.2 Å². The number of pyridine rings is 1. The SMILES string of the molecule is CNCC(=O)OCc1cccnc1N(C)C(=O)OCC(C)(C)C. The third kappa shape index (κ3) is 6.65. The molecule has 0 aliphatic rings. The van der Waals surface area contributed by atoms with Crippen molar-refractivity contribution in [3.8, 4) is 0 Å². The maximum atomic E-state index is 12.1. The molecule has 128 valence electrons. The highest BCUT2D eigenvalue weighted by Gasteiger charge is 2.20. The van der Waals surface area contributed by atoms with E-state index in [1.165, 1.54) is 4.90 Å². The number of aromatic nitrogens is 1. The fourth-order valence-electron chi connectivity index (χ4n) is 1.66. The minimum Gasteiger partial charge on any atom is -0.460 e. The average Bonchev–Trinajstić information content (AvgIpc) is 2.49. The van der Waals surface area contributed by atoms with Crippen LogP contribution in [-0.2, 0) is 20.9 Å². The number of rotatable bonds is 6. The molecule has 0 aliphatic heterocycles. The van der Waals surface area contributed by atoms with E-state index in [1.807, 2.05) is 20.8 Å². The molecule has 1 heterocycles. The Morgan fingerprint density at radius 2 is 2.00 bits per heavy atom. The van der Waals surface area contributed by atoms with Crippen LogP contribution in [0, 0.1) is 5.41 Å². The zero-order valence-electron chi connectivity index (χ0n) is 14.4. The van der Waals surface area contributed by atoms with Gasteiger partial charge in [0.15, 0.2) is 0 Å². The van der Waals surface area contributed by atoms with E-state index in [1.54, 1.807) is 32.4 Å². The molecule has 1 rings (SSSR count). The van der Waals surface area contributed by atoms with Gasteiger partial charge in [-0.2, -0.15) is 0 Å². The number of carbonyl (C=O) groups is 2. The average molecular weight is 323 g/mol. The van der Waals surface area contributed by atoms with E-state index < -0.39 is 6.09 Å². The van der Waals surface area contributed by atoms with Gasteiger partial charge in [0, 0.05) is 18.8 Å². The van der Waals surface area contributed by atoms with Gasteiger partial charge < -0.3 is 14.8 Å². The normalized spacial score (nSPS) is 11.0. The molecular formula is C16H25N3O4. The van der Waals surface area contributed by atoms with Gasteiger partial charge in [-0.1, -0.05) is 26.8 Å². The Labute approximate surface area is 137 Å². The van der Waals surface area contributed by atoms with Crippen LogP contribution >= 0.6 is 0 Å². The lowest BCUT2D eigenvalue weighted by Gasteiger charge is -2.22. The number of ether oxygens (including phenoxy) is 2. The molecule has 23 heavy (non-hydrogen) atoms. The van der Waals surface area contributed by atoms with Crippen molar-refractivity contribution in [2.75, 3.05) is 32.1 Å². The molecule has 0 saturated heterocycles. The maximum absolute atomic E-state index is 12.1. The van der Waals surface area contributed by atoms with Crippen molar-refractivity contribution in [1.82, 2.24) is 10.3 Å². The maximum Gasteiger partial charge on any atom is 0.415 e. The minimum atomic E-state index is -0.499. The van der Waals surface area contributed by atoms with Gasteiger partial charge in [0.2, 0.25) is 0 Å². The predicted molar refractivity (Wildman–Crippen MR) is 87.2 cm³/mol. The van der Waals surface area contributed by atoms with Crippen LogP contribution in [0.25, 0.3) is 0 Å². The van der Waals surface area contributed by atoms with E-state index in [2.05, 4.69) is 10.3 Å². The topological polar surface area (TPSA) is 80.8 Å². The first-order chi connectivity index (χ1) is 10.7. The van der Waals surface area contributed by atoms with Crippen LogP contribution in [0.4, 0.5) is 10.6 Å². The lowest BCUT2D eigenvalue weighted by Crippen LogP contribution is -2.31. The fraction of sp³-hybridized carbons (Fsp3) is 0.562. The van der Waals surface area contributed by atoms with Gasteiger partial charge in [0.1, 0.15) is 12.4 Å². The molecule has 0 saturated carbocycles. The highest BCUT2D eigenvalue weighted by atomic mass is 16.6. The van der Waals surface area contributed by atoms with Crippen molar-refractivity contribution in [2.45, 2.75) is 27.4 Å². The van der Waals surface area contributed by atoms with Crippen molar-refractivity contribution in [3.05, 3.63) is 23.9 Å². The second-order valence-corrected chi connectivity index (χ2v) is 6.35. The number of esters is 1. The molecule has 0 atom stereocenters. The molecule has 7 nitrogen and oxygen atoms in total. The lowest BCUT2D eigenvalue weighted by molar-refractivity contribution is -0.143. The number of hydrogen-bond acceptors (Lipinski definition) is 6. The smallest absolute Gasteiger partial charge is 0.415 e. The summed E-state index contributed by atoms with van der Waals surface area (Å²) in [6.07, 6.45) is 1.07. The van der Waals surface area contributed by atoms with Gasteiger partial charge in [-0.05, 0) is 18.5 Å². The van der Waals surface area contributed by atoms with Crippen molar-refractivity contribution in [3.63, 3.8) is 0 Å². The Bertz CT molecular complexity index is 540. The molecule has 0 radical (unpaired) electrons. The Kier molecular flexibility index (Phi) is 6.96. The van der Waals surface area contributed by atoms with E-state index in [0.717, 1.165) is 0 Å². The van der Waals surface area contributed by atoms with E-state index in [-0.39, 0.29) is 24.5 Å². The van der Waals surface area contributed by atoms with Crippen LogP contribution in [0.5, 0.6) is 0 Å². The molecule has 1 aromatic heterocycles. The first-order valence-electron chi connectivity index (χ1n) is 7.39. The second kappa shape index (κ2) is 8.47. The molecule has 0 aromatic carbocycles. The van der Waals surface area contributed by atoms with Crippen LogP contribution in [0.1, 0.15) is 26.3 Å². The van der Waals surface area contributed by atoms with Gasteiger partial charge in [0.25, 0.3) is 0 Å². The number of nitrogens with one attached hydrogen (secondary N) is 1. The number of nitrogens with zero attached hydrogens (tertiary/aromatic N) is 2. The first kappa shape index (κ1) is 18.9. The van der Waals surface area contributed by atoms with Gasteiger partial charge in [0.05, 0.1) is 13.2 Å². The molecule has 7 heteroatoms. The summed E-state index contributed by atoms with van der Waals surface area (Å²) in [7, 11) is 3.24. The Morgan fingerprint density at radius 1 is 1.30 bits per heavy atom. The van der Waals surface area contributed by atoms with Gasteiger partial charge in [-0.15, -0.1) is 0 Å². The Morgan fingerprint density at radius 3 is 2.61 bits per heavy atom. The second-order valence-electron chi connectivity index (χ2n) is 6.35. The van der Waals surface area contributed by atoms with Crippen molar-refractivity contribution in [1.29, 1.82) is 0 Å². The summed E-state index contributed by atoms with van der Waals surface area (Å²) in [5, 5.41) is 2.72. The summed E-state index contributed by atoms with van der Waals surface area (Å²) in [6.45, 7) is 6.41. The number of amides is 1. The number of carbonyl (C=O) groups excluding carboxylic acids is 2. The van der Waals surface area contributed by atoms with E-state index >= 15 is 0 Å². The third-order valence-electron chi connectivity index (χ3n) is 2.80. The van der Waals surface area contributed by atoms with Gasteiger partial charge >= 0.3 is 12.1 Å². The van der Waals surface area contributed by atoms with Crippen molar-refractivity contribution >= 4 is 17.9 Å². The highest BCUT2D eigenvalue weighted by Crippen LogP contribution is 2.19. The number of hydrogen-bond donors (Lipinski definition) is 1. The number of anilines is 1. The van der Waals surface area contributed by atoms with Gasteiger partial charge in [-0.25, -0.2) is 9.78 Å². The van der Waals surface area contributed by atoms with Crippen LogP contribution in [0.3, 0.4) is 0 Å². The monoisotopic (exact) mass is 323 g/mol. The highest BCUT2D eigenvalue weighted by molar-refractivity contribution is 5.86. The van der Waals surface area contributed by atoms with Crippen LogP contribution in [-0.4, -0.2) is 44.3 Å². The quantitative estimate of drug-likeness (QED) is 0.806. The molecule has 1 aromatic rings. The summed E-state index contributed by atoms with van der Waals surface area (Å²) in [5.41, 5.74) is 0.513. The molecule has 0 spiro atoms. The van der Waals surface area contributed by atoms with Crippen LogP contribution in [0.15, 0.2) is 18.3 Å². The lowest BCUT2D eigenvalue weighted by atomic mass is 9.99. The zero-order chi connectivity index (χ0) is 17.5. The van der Waals surface area contributed by atoms with Crippen molar-refractivity contribution < 1.29 is 19.1 Å².